The van der Waals surface area contributed by atoms with E-state index in [9.17, 15) is 9.59 Å². The molecule has 0 atom stereocenters. The zero-order chi connectivity index (χ0) is 22.8. The Morgan fingerprint density at radius 3 is 2.12 bits per heavy atom. The summed E-state index contributed by atoms with van der Waals surface area (Å²) >= 11 is 0. The van der Waals surface area contributed by atoms with Gasteiger partial charge >= 0.3 is 0 Å². The lowest BCUT2D eigenvalue weighted by Crippen LogP contribution is -2.47. The van der Waals surface area contributed by atoms with Crippen molar-refractivity contribution in [2.24, 2.45) is 0 Å². The smallest absolute Gasteiger partial charge is 0.282 e. The van der Waals surface area contributed by atoms with Gasteiger partial charge in [-0.05, 0) is 68.3 Å². The van der Waals surface area contributed by atoms with Crippen LogP contribution in [0.2, 0.25) is 0 Å². The van der Waals surface area contributed by atoms with Crippen molar-refractivity contribution in [2.45, 2.75) is 27.7 Å². The molecule has 0 saturated carbocycles. The van der Waals surface area contributed by atoms with Gasteiger partial charge in [0.2, 0.25) is 0 Å². The zero-order valence-electron chi connectivity index (χ0n) is 19.4. The summed E-state index contributed by atoms with van der Waals surface area (Å²) in [5, 5.41) is 0. The van der Waals surface area contributed by atoms with Crippen LogP contribution in [0.25, 0.3) is 5.57 Å². The van der Waals surface area contributed by atoms with Gasteiger partial charge in [-0.15, -0.1) is 0 Å². The average Bonchev–Trinajstić information content (AvgIpc) is 3.06. The van der Waals surface area contributed by atoms with Crippen molar-refractivity contribution in [3.63, 3.8) is 0 Å². The number of rotatable bonds is 6. The molecule has 2 amide bonds. The first-order valence-electron chi connectivity index (χ1n) is 11.4. The van der Waals surface area contributed by atoms with Crippen molar-refractivity contribution >= 4 is 23.1 Å². The number of likely N-dealkylation sites (N-methyl/N-ethyl adjacent to an activating group) is 1. The molecule has 6 heteroatoms. The van der Waals surface area contributed by atoms with Gasteiger partial charge in [0.25, 0.3) is 11.8 Å². The van der Waals surface area contributed by atoms with Gasteiger partial charge in [-0.3, -0.25) is 9.59 Å². The summed E-state index contributed by atoms with van der Waals surface area (Å²) in [7, 11) is 0. The Bertz CT molecular complexity index is 1050. The van der Waals surface area contributed by atoms with Crippen molar-refractivity contribution in [3.8, 4) is 5.75 Å². The van der Waals surface area contributed by atoms with Gasteiger partial charge in [-0.25, -0.2) is 4.90 Å². The predicted octanol–water partition coefficient (Wildman–Crippen LogP) is 3.62. The molecule has 0 unspecified atom stereocenters. The number of benzene rings is 2. The molecule has 2 aromatic carbocycles. The molecule has 2 aromatic rings. The number of carbonyl (C=O) groups excluding carboxylic acids is 2. The van der Waals surface area contributed by atoms with E-state index < -0.39 is 0 Å². The fourth-order valence-electron chi connectivity index (χ4n) is 4.34. The molecule has 32 heavy (non-hydrogen) atoms. The molecule has 1 saturated heterocycles. The Labute approximate surface area is 190 Å². The van der Waals surface area contributed by atoms with Gasteiger partial charge < -0.3 is 14.5 Å². The van der Waals surface area contributed by atoms with Crippen LogP contribution in [0.15, 0.2) is 48.2 Å². The van der Waals surface area contributed by atoms with E-state index in [2.05, 4.69) is 16.7 Å². The number of hydrogen-bond acceptors (Lipinski definition) is 5. The van der Waals surface area contributed by atoms with Gasteiger partial charge in [0.15, 0.2) is 0 Å². The number of hydrogen-bond donors (Lipinski definition) is 0. The Balaban J connectivity index is 1.76. The number of anilines is 1. The van der Waals surface area contributed by atoms with Crippen LogP contribution in [0.3, 0.4) is 0 Å². The number of aryl methyl sites for hydroxylation is 2. The third kappa shape index (κ3) is 4.02. The third-order valence-electron chi connectivity index (χ3n) is 6.40. The minimum Gasteiger partial charge on any atom is -0.494 e. The molecular weight excluding hydrogens is 402 g/mol. The second kappa shape index (κ2) is 9.17. The van der Waals surface area contributed by atoms with E-state index >= 15 is 0 Å². The molecule has 0 bridgehead atoms. The van der Waals surface area contributed by atoms with Crippen LogP contribution in [0.4, 0.5) is 5.69 Å². The Morgan fingerprint density at radius 2 is 1.53 bits per heavy atom. The van der Waals surface area contributed by atoms with E-state index in [4.69, 9.17) is 4.74 Å². The average molecular weight is 434 g/mol. The first-order chi connectivity index (χ1) is 15.4. The van der Waals surface area contributed by atoms with E-state index in [1.54, 1.807) is 0 Å². The van der Waals surface area contributed by atoms with E-state index in [0.29, 0.717) is 23.6 Å². The van der Waals surface area contributed by atoms with Crippen molar-refractivity contribution in [2.75, 3.05) is 44.2 Å². The van der Waals surface area contributed by atoms with Crippen molar-refractivity contribution < 1.29 is 14.3 Å². The van der Waals surface area contributed by atoms with Gasteiger partial charge in [-0.2, -0.15) is 0 Å². The summed E-state index contributed by atoms with van der Waals surface area (Å²) in [4.78, 5) is 33.1. The van der Waals surface area contributed by atoms with Crippen LogP contribution in [0, 0.1) is 13.8 Å². The minimum absolute atomic E-state index is 0.243. The minimum atomic E-state index is -0.268. The summed E-state index contributed by atoms with van der Waals surface area (Å²) in [6.07, 6.45) is 0. The highest BCUT2D eigenvalue weighted by Crippen LogP contribution is 2.36. The monoisotopic (exact) mass is 433 g/mol. The zero-order valence-corrected chi connectivity index (χ0v) is 19.4. The fourth-order valence-corrected chi connectivity index (χ4v) is 4.34. The molecule has 0 aliphatic carbocycles. The van der Waals surface area contributed by atoms with Crippen molar-refractivity contribution in [1.29, 1.82) is 0 Å². The Hall–Kier alpha value is -3.12. The molecule has 2 heterocycles. The van der Waals surface area contributed by atoms with Crippen LogP contribution in [-0.4, -0.2) is 60.9 Å². The van der Waals surface area contributed by atoms with Crippen LogP contribution >= 0.6 is 0 Å². The van der Waals surface area contributed by atoms with E-state index in [1.165, 1.54) is 4.90 Å². The summed E-state index contributed by atoms with van der Waals surface area (Å²) in [5.41, 5.74) is 4.52. The van der Waals surface area contributed by atoms with E-state index in [-0.39, 0.29) is 11.8 Å². The molecule has 0 N–H and O–H groups in total. The van der Waals surface area contributed by atoms with Crippen molar-refractivity contribution in [1.82, 2.24) is 9.80 Å². The van der Waals surface area contributed by atoms with E-state index in [0.717, 1.165) is 55.2 Å². The van der Waals surface area contributed by atoms with Crippen LogP contribution in [0.5, 0.6) is 5.75 Å². The maximum Gasteiger partial charge on any atom is 0.282 e. The Morgan fingerprint density at radius 1 is 0.844 bits per heavy atom. The first-order valence-corrected chi connectivity index (χ1v) is 11.4. The molecule has 0 aromatic heterocycles. The largest absolute Gasteiger partial charge is 0.494 e. The number of carbonyl (C=O) groups is 2. The van der Waals surface area contributed by atoms with Gasteiger partial charge in [0.1, 0.15) is 11.4 Å². The highest BCUT2D eigenvalue weighted by atomic mass is 16.5. The lowest BCUT2D eigenvalue weighted by atomic mass is 10.0. The highest BCUT2D eigenvalue weighted by Gasteiger charge is 2.43. The Kier molecular flexibility index (Phi) is 6.33. The number of piperazine rings is 1. The molecule has 6 nitrogen and oxygen atoms in total. The molecule has 0 spiro atoms. The number of ether oxygens (including phenoxy) is 1. The molecule has 0 radical (unpaired) electrons. The number of imide groups is 1. The SMILES string of the molecule is CCOc1ccc(C2=C(N3CCN(CC)CC3)C(=O)N(c3ccc(C)c(C)c3)C2=O)cc1. The molecule has 1 fully saturated rings. The van der Waals surface area contributed by atoms with Crippen LogP contribution < -0.4 is 9.64 Å². The standard InChI is InChI=1S/C26H31N3O3/c1-5-27-13-15-28(16-14-27)24-23(20-8-11-22(12-9-20)32-6-2)25(30)29(26(24)31)21-10-7-18(3)19(4)17-21/h7-12,17H,5-6,13-16H2,1-4H3. The fraction of sp³-hybridized carbons (Fsp3) is 0.385. The van der Waals surface area contributed by atoms with Crippen LogP contribution in [0.1, 0.15) is 30.5 Å². The van der Waals surface area contributed by atoms with E-state index in [1.807, 2.05) is 63.2 Å². The summed E-state index contributed by atoms with van der Waals surface area (Å²) < 4.78 is 5.56. The molecule has 4 rings (SSSR count). The number of amides is 2. The highest BCUT2D eigenvalue weighted by molar-refractivity contribution is 6.45. The quantitative estimate of drug-likeness (QED) is 0.652. The van der Waals surface area contributed by atoms with Gasteiger partial charge in [-0.1, -0.05) is 25.1 Å². The number of nitrogens with zero attached hydrogens (tertiary/aromatic N) is 3. The maximum atomic E-state index is 13.7. The van der Waals surface area contributed by atoms with Crippen LogP contribution in [-0.2, 0) is 9.59 Å². The lowest BCUT2D eigenvalue weighted by Gasteiger charge is -2.36. The predicted molar refractivity (Wildman–Crippen MR) is 127 cm³/mol. The maximum absolute atomic E-state index is 13.7. The summed E-state index contributed by atoms with van der Waals surface area (Å²) in [6.45, 7) is 12.9. The first kappa shape index (κ1) is 22.1. The molecule has 168 valence electrons. The second-order valence-corrected chi connectivity index (χ2v) is 8.32. The normalized spacial score (nSPS) is 17.5. The summed E-state index contributed by atoms with van der Waals surface area (Å²) in [6, 6.07) is 13.2. The van der Waals surface area contributed by atoms with Gasteiger partial charge in [0, 0.05) is 26.2 Å². The molecule has 2 aliphatic rings. The van der Waals surface area contributed by atoms with Gasteiger partial charge in [0.05, 0.1) is 17.9 Å². The second-order valence-electron chi connectivity index (χ2n) is 8.32. The lowest BCUT2D eigenvalue weighted by molar-refractivity contribution is -0.120. The molecular formula is C26H31N3O3. The summed E-state index contributed by atoms with van der Waals surface area (Å²) in [5.74, 6) is 0.236. The third-order valence-corrected chi connectivity index (χ3v) is 6.40. The molecule has 2 aliphatic heterocycles. The topological polar surface area (TPSA) is 53.1 Å². The van der Waals surface area contributed by atoms with Crippen molar-refractivity contribution in [3.05, 3.63) is 64.9 Å².